The number of halogens is 1. The van der Waals surface area contributed by atoms with Gasteiger partial charge in [-0.25, -0.2) is 4.39 Å². The van der Waals surface area contributed by atoms with Crippen molar-refractivity contribution in [3.05, 3.63) is 68.6 Å². The van der Waals surface area contributed by atoms with E-state index < -0.39 is 24.1 Å². The van der Waals surface area contributed by atoms with Crippen LogP contribution in [0, 0.1) is 12.7 Å². The lowest BCUT2D eigenvalue weighted by molar-refractivity contribution is 0.0805. The molecule has 0 amide bonds. The fraction of sp³-hybridized carbons (Fsp3) is 0.263. The summed E-state index contributed by atoms with van der Waals surface area (Å²) >= 11 is 0. The van der Waals surface area contributed by atoms with Crippen molar-refractivity contribution in [1.29, 1.82) is 0 Å². The number of nitrogens with one attached hydrogen (secondary N) is 1. The molecule has 0 spiro atoms. The molecule has 0 fully saturated rings. The number of aryl methyl sites for hydroxylation is 2. The van der Waals surface area contributed by atoms with Crippen molar-refractivity contribution in [3.8, 4) is 0 Å². The van der Waals surface area contributed by atoms with E-state index in [-0.39, 0.29) is 28.9 Å². The number of anilines is 2. The second-order valence-electron chi connectivity index (χ2n) is 6.43. The molecule has 3 N–H and O–H groups in total. The summed E-state index contributed by atoms with van der Waals surface area (Å²) < 4.78 is 16.8. The molecule has 0 bridgehead atoms. The van der Waals surface area contributed by atoms with E-state index in [9.17, 15) is 19.1 Å². The third-order valence-electron chi connectivity index (χ3n) is 4.38. The van der Waals surface area contributed by atoms with E-state index in [0.29, 0.717) is 5.52 Å². The molecule has 0 radical (unpaired) electrons. The van der Waals surface area contributed by atoms with Gasteiger partial charge in [-0.15, -0.1) is 0 Å². The van der Waals surface area contributed by atoms with Crippen LogP contribution in [-0.4, -0.2) is 32.1 Å². The number of nitrogens with zero attached hydrogens (tertiary/aromatic N) is 2. The summed E-state index contributed by atoms with van der Waals surface area (Å²) in [5, 5.41) is 21.7. The Morgan fingerprint density at radius 1 is 1.19 bits per heavy atom. The molecule has 0 saturated carbocycles. The highest BCUT2D eigenvalue weighted by atomic mass is 19.1. The SMILES string of the molecule is Cc1ccc(Nc2cc(=O)n(C)c3ccn(CC(O)CO)c(=O)c23)c(F)c1. The summed E-state index contributed by atoms with van der Waals surface area (Å²) in [6.45, 7) is 1.16. The second kappa shape index (κ2) is 7.34. The van der Waals surface area contributed by atoms with Crippen LogP contribution < -0.4 is 16.4 Å². The van der Waals surface area contributed by atoms with Gasteiger partial charge in [-0.05, 0) is 30.7 Å². The fourth-order valence-electron chi connectivity index (χ4n) is 2.90. The Morgan fingerprint density at radius 2 is 1.93 bits per heavy atom. The van der Waals surface area contributed by atoms with E-state index in [0.717, 1.165) is 5.56 Å². The van der Waals surface area contributed by atoms with Crippen molar-refractivity contribution in [2.75, 3.05) is 11.9 Å². The van der Waals surface area contributed by atoms with Crippen LogP contribution in [0.5, 0.6) is 0 Å². The van der Waals surface area contributed by atoms with Crippen LogP contribution in [-0.2, 0) is 13.6 Å². The van der Waals surface area contributed by atoms with Crippen LogP contribution >= 0.6 is 0 Å². The van der Waals surface area contributed by atoms with Gasteiger partial charge in [0.2, 0.25) is 0 Å². The first-order valence-electron chi connectivity index (χ1n) is 8.37. The second-order valence-corrected chi connectivity index (χ2v) is 6.43. The molecule has 27 heavy (non-hydrogen) atoms. The predicted molar refractivity (Wildman–Crippen MR) is 101 cm³/mol. The molecule has 0 aliphatic heterocycles. The van der Waals surface area contributed by atoms with Crippen molar-refractivity contribution >= 4 is 22.3 Å². The lowest BCUT2D eigenvalue weighted by Crippen LogP contribution is -2.30. The summed E-state index contributed by atoms with van der Waals surface area (Å²) in [6, 6.07) is 7.39. The molecule has 0 aliphatic rings. The van der Waals surface area contributed by atoms with Gasteiger partial charge in [-0.2, -0.15) is 0 Å². The molecule has 0 saturated heterocycles. The minimum atomic E-state index is -1.10. The van der Waals surface area contributed by atoms with E-state index in [4.69, 9.17) is 5.11 Å². The maximum absolute atomic E-state index is 14.2. The first-order chi connectivity index (χ1) is 12.8. The molecule has 2 aromatic heterocycles. The van der Waals surface area contributed by atoms with Crippen molar-refractivity contribution < 1.29 is 14.6 Å². The highest BCUT2D eigenvalue weighted by Gasteiger charge is 2.15. The summed E-state index contributed by atoms with van der Waals surface area (Å²) in [5.74, 6) is -0.504. The Morgan fingerprint density at radius 3 is 2.59 bits per heavy atom. The maximum Gasteiger partial charge on any atom is 0.262 e. The average Bonchev–Trinajstić information content (AvgIpc) is 2.63. The van der Waals surface area contributed by atoms with Gasteiger partial charge in [0.15, 0.2) is 0 Å². The topological polar surface area (TPSA) is 96.5 Å². The molecule has 2 heterocycles. The van der Waals surface area contributed by atoms with Gasteiger partial charge in [0.1, 0.15) is 5.82 Å². The minimum Gasteiger partial charge on any atom is -0.394 e. The number of benzene rings is 1. The number of aliphatic hydroxyl groups is 2. The lowest BCUT2D eigenvalue weighted by Gasteiger charge is -2.15. The highest BCUT2D eigenvalue weighted by Crippen LogP contribution is 2.24. The normalized spacial score (nSPS) is 12.3. The third-order valence-corrected chi connectivity index (χ3v) is 4.38. The molecule has 3 aromatic rings. The summed E-state index contributed by atoms with van der Waals surface area (Å²) in [7, 11) is 1.53. The quantitative estimate of drug-likeness (QED) is 0.625. The molecule has 1 aromatic carbocycles. The standard InChI is InChI=1S/C19H20FN3O4/c1-11-3-4-14(13(20)7-11)21-15-8-17(26)22(2)16-5-6-23(9-12(25)10-24)19(27)18(15)16/h3-8,12,21,24-25H,9-10H2,1-2H3. The number of aliphatic hydroxyl groups excluding tert-OH is 2. The van der Waals surface area contributed by atoms with Crippen LogP contribution in [0.4, 0.5) is 15.8 Å². The zero-order valence-electron chi connectivity index (χ0n) is 14.9. The van der Waals surface area contributed by atoms with Gasteiger partial charge >= 0.3 is 0 Å². The molecule has 0 aliphatic carbocycles. The maximum atomic E-state index is 14.2. The van der Waals surface area contributed by atoms with Crippen LogP contribution in [0.2, 0.25) is 0 Å². The Kier molecular flexibility index (Phi) is 5.11. The zero-order valence-corrected chi connectivity index (χ0v) is 14.9. The molecule has 8 heteroatoms. The molecular weight excluding hydrogens is 353 g/mol. The summed E-state index contributed by atoms with van der Waals surface area (Å²) in [5.41, 5.74) is 0.606. The van der Waals surface area contributed by atoms with Crippen molar-refractivity contribution in [2.45, 2.75) is 19.6 Å². The molecular formula is C19H20FN3O4. The van der Waals surface area contributed by atoms with Crippen molar-refractivity contribution in [2.24, 2.45) is 7.05 Å². The third kappa shape index (κ3) is 3.62. The summed E-state index contributed by atoms with van der Waals surface area (Å²) in [4.78, 5) is 25.2. The number of fused-ring (bicyclic) bond motifs is 1. The molecule has 3 rings (SSSR count). The highest BCUT2D eigenvalue weighted by molar-refractivity contribution is 5.92. The van der Waals surface area contributed by atoms with Crippen LogP contribution in [0.25, 0.3) is 10.9 Å². The van der Waals surface area contributed by atoms with Crippen LogP contribution in [0.1, 0.15) is 5.56 Å². The van der Waals surface area contributed by atoms with E-state index in [1.807, 2.05) is 0 Å². The number of hydrogen-bond donors (Lipinski definition) is 3. The first kappa shape index (κ1) is 18.8. The van der Waals surface area contributed by atoms with Gasteiger partial charge in [0.05, 0.1) is 41.5 Å². The van der Waals surface area contributed by atoms with Gasteiger partial charge in [-0.1, -0.05) is 6.07 Å². The molecule has 7 nitrogen and oxygen atoms in total. The zero-order chi connectivity index (χ0) is 19.7. The Bertz CT molecular complexity index is 1120. The smallest absolute Gasteiger partial charge is 0.262 e. The summed E-state index contributed by atoms with van der Waals surface area (Å²) in [6.07, 6.45) is 0.345. The van der Waals surface area contributed by atoms with E-state index in [1.165, 1.54) is 40.6 Å². The number of pyridine rings is 2. The van der Waals surface area contributed by atoms with Crippen molar-refractivity contribution in [1.82, 2.24) is 9.13 Å². The largest absolute Gasteiger partial charge is 0.394 e. The molecule has 142 valence electrons. The first-order valence-corrected chi connectivity index (χ1v) is 8.37. The Labute approximate surface area is 153 Å². The number of rotatable bonds is 5. The molecule has 1 unspecified atom stereocenters. The monoisotopic (exact) mass is 373 g/mol. The number of aromatic nitrogens is 2. The van der Waals surface area contributed by atoms with Gasteiger partial charge < -0.3 is 24.7 Å². The van der Waals surface area contributed by atoms with Gasteiger partial charge in [0.25, 0.3) is 11.1 Å². The van der Waals surface area contributed by atoms with Crippen molar-refractivity contribution in [3.63, 3.8) is 0 Å². The average molecular weight is 373 g/mol. The number of hydrogen-bond acceptors (Lipinski definition) is 5. The van der Waals surface area contributed by atoms with E-state index >= 15 is 0 Å². The minimum absolute atomic E-state index is 0.105. The van der Waals surface area contributed by atoms with Gasteiger partial charge in [0, 0.05) is 19.3 Å². The van der Waals surface area contributed by atoms with Crippen LogP contribution in [0.3, 0.4) is 0 Å². The lowest BCUT2D eigenvalue weighted by atomic mass is 10.1. The van der Waals surface area contributed by atoms with E-state index in [2.05, 4.69) is 5.32 Å². The predicted octanol–water partition coefficient (Wildman–Crippen LogP) is 1.24. The molecule has 1 atom stereocenters. The van der Waals surface area contributed by atoms with Crippen LogP contribution in [0.15, 0.2) is 46.1 Å². The fourth-order valence-corrected chi connectivity index (χ4v) is 2.90. The van der Waals surface area contributed by atoms with E-state index in [1.54, 1.807) is 19.1 Å². The van der Waals surface area contributed by atoms with Gasteiger partial charge in [-0.3, -0.25) is 9.59 Å². The Balaban J connectivity index is 2.21. The Hall–Kier alpha value is -2.97.